The number of rotatable bonds is 3. The Balaban J connectivity index is 1.72. The van der Waals surface area contributed by atoms with Crippen LogP contribution in [0.2, 0.25) is 0 Å². The average Bonchev–Trinajstić information content (AvgIpc) is 2.90. The smallest absolute Gasteiger partial charge is 0.245 e. The molecule has 2 aromatic rings. The summed E-state index contributed by atoms with van der Waals surface area (Å²) in [7, 11) is 2.11. The van der Waals surface area contributed by atoms with Crippen molar-refractivity contribution in [3.63, 3.8) is 0 Å². The van der Waals surface area contributed by atoms with Gasteiger partial charge in [-0.25, -0.2) is 0 Å². The topological polar surface area (TPSA) is 58.3 Å². The monoisotopic (exact) mass is 287 g/mol. The van der Waals surface area contributed by atoms with Crippen LogP contribution in [-0.2, 0) is 6.54 Å². The molecule has 3 heterocycles. The van der Waals surface area contributed by atoms with Crippen molar-refractivity contribution in [1.82, 2.24) is 24.9 Å². The highest BCUT2D eigenvalue weighted by Gasteiger charge is 2.29. The largest absolute Gasteiger partial charge is 0.338 e. The van der Waals surface area contributed by atoms with Gasteiger partial charge in [-0.2, -0.15) is 4.98 Å². The van der Waals surface area contributed by atoms with Gasteiger partial charge in [0.2, 0.25) is 5.89 Å². The second-order valence-electron chi connectivity index (χ2n) is 5.66. The van der Waals surface area contributed by atoms with Gasteiger partial charge in [-0.05, 0) is 32.5 Å². The van der Waals surface area contributed by atoms with Gasteiger partial charge in [-0.3, -0.25) is 14.8 Å². The van der Waals surface area contributed by atoms with Crippen LogP contribution in [0.1, 0.15) is 29.0 Å². The molecular weight excluding hydrogens is 266 g/mol. The van der Waals surface area contributed by atoms with Crippen LogP contribution in [0.5, 0.6) is 0 Å². The normalized spacial score (nSPS) is 20.8. The van der Waals surface area contributed by atoms with E-state index >= 15 is 0 Å². The SMILES string of the molecule is Cc1noc([C@@H]2CN(Cc3cccnc3C)CCN2C)n1. The van der Waals surface area contributed by atoms with E-state index in [4.69, 9.17) is 4.52 Å². The molecule has 6 nitrogen and oxygen atoms in total. The molecule has 6 heteroatoms. The van der Waals surface area contributed by atoms with Crippen molar-refractivity contribution in [1.29, 1.82) is 0 Å². The van der Waals surface area contributed by atoms with Gasteiger partial charge in [-0.15, -0.1) is 0 Å². The van der Waals surface area contributed by atoms with Crippen LogP contribution in [0.15, 0.2) is 22.9 Å². The molecule has 21 heavy (non-hydrogen) atoms. The molecule has 1 saturated heterocycles. The first-order chi connectivity index (χ1) is 10.1. The number of aryl methyl sites for hydroxylation is 2. The second kappa shape index (κ2) is 5.91. The summed E-state index contributed by atoms with van der Waals surface area (Å²) in [5, 5.41) is 3.91. The molecular formula is C15H21N5O. The molecule has 1 atom stereocenters. The Kier molecular flexibility index (Phi) is 3.98. The van der Waals surface area contributed by atoms with E-state index in [-0.39, 0.29) is 6.04 Å². The standard InChI is InChI=1S/C15H21N5O/c1-11-13(5-4-6-16-11)9-20-8-7-19(3)14(10-20)15-17-12(2)18-21-15/h4-6,14H,7-10H2,1-3H3/t14-/m0/s1. The molecule has 0 spiro atoms. The molecule has 2 aromatic heterocycles. The fourth-order valence-electron chi connectivity index (χ4n) is 2.71. The Labute approximate surface area is 124 Å². The molecule has 0 saturated carbocycles. The number of aromatic nitrogens is 3. The highest BCUT2D eigenvalue weighted by Crippen LogP contribution is 2.24. The van der Waals surface area contributed by atoms with E-state index in [9.17, 15) is 0 Å². The van der Waals surface area contributed by atoms with Gasteiger partial charge in [0.15, 0.2) is 5.82 Å². The predicted octanol–water partition coefficient (Wildman–Crippen LogP) is 1.57. The van der Waals surface area contributed by atoms with E-state index in [2.05, 4.69) is 45.0 Å². The summed E-state index contributed by atoms with van der Waals surface area (Å²) in [6.45, 7) is 7.75. The average molecular weight is 287 g/mol. The summed E-state index contributed by atoms with van der Waals surface area (Å²) >= 11 is 0. The van der Waals surface area contributed by atoms with Crippen molar-refractivity contribution in [2.45, 2.75) is 26.4 Å². The molecule has 0 N–H and O–H groups in total. The molecule has 1 aliphatic heterocycles. The van der Waals surface area contributed by atoms with Crippen molar-refractivity contribution in [2.75, 3.05) is 26.7 Å². The van der Waals surface area contributed by atoms with Gasteiger partial charge in [-0.1, -0.05) is 11.2 Å². The molecule has 0 aromatic carbocycles. The highest BCUT2D eigenvalue weighted by molar-refractivity contribution is 5.18. The Bertz CT molecular complexity index is 612. The number of likely N-dealkylation sites (N-methyl/N-ethyl adjacent to an activating group) is 1. The minimum Gasteiger partial charge on any atom is -0.338 e. The van der Waals surface area contributed by atoms with Crippen molar-refractivity contribution >= 4 is 0 Å². The van der Waals surface area contributed by atoms with Gasteiger partial charge in [0, 0.05) is 38.1 Å². The zero-order valence-corrected chi connectivity index (χ0v) is 12.8. The summed E-state index contributed by atoms with van der Waals surface area (Å²) in [4.78, 5) is 13.4. The van der Waals surface area contributed by atoms with Crippen LogP contribution >= 0.6 is 0 Å². The molecule has 0 radical (unpaired) electrons. The summed E-state index contributed by atoms with van der Waals surface area (Å²) in [5.41, 5.74) is 2.38. The van der Waals surface area contributed by atoms with Crippen molar-refractivity contribution in [3.05, 3.63) is 41.3 Å². The number of hydrogen-bond acceptors (Lipinski definition) is 6. The summed E-state index contributed by atoms with van der Waals surface area (Å²) < 4.78 is 5.35. The third-order valence-electron chi connectivity index (χ3n) is 4.07. The zero-order chi connectivity index (χ0) is 14.8. The lowest BCUT2D eigenvalue weighted by molar-refractivity contribution is 0.0713. The number of piperazine rings is 1. The van der Waals surface area contributed by atoms with E-state index in [0.717, 1.165) is 31.9 Å². The molecule has 0 amide bonds. The van der Waals surface area contributed by atoms with Gasteiger partial charge in [0.25, 0.3) is 0 Å². The van der Waals surface area contributed by atoms with E-state index < -0.39 is 0 Å². The van der Waals surface area contributed by atoms with Crippen LogP contribution < -0.4 is 0 Å². The van der Waals surface area contributed by atoms with Crippen LogP contribution in [0.25, 0.3) is 0 Å². The highest BCUT2D eigenvalue weighted by atomic mass is 16.5. The van der Waals surface area contributed by atoms with Crippen LogP contribution in [-0.4, -0.2) is 51.6 Å². The lowest BCUT2D eigenvalue weighted by Crippen LogP contribution is -2.46. The maximum atomic E-state index is 5.35. The van der Waals surface area contributed by atoms with Gasteiger partial charge >= 0.3 is 0 Å². The molecule has 1 aliphatic rings. The Morgan fingerprint density at radius 3 is 2.90 bits per heavy atom. The Morgan fingerprint density at radius 1 is 1.33 bits per heavy atom. The number of nitrogens with zero attached hydrogens (tertiary/aromatic N) is 5. The van der Waals surface area contributed by atoms with Crippen molar-refractivity contribution < 1.29 is 4.52 Å². The van der Waals surface area contributed by atoms with Gasteiger partial charge < -0.3 is 4.52 Å². The van der Waals surface area contributed by atoms with E-state index in [0.29, 0.717) is 11.7 Å². The first-order valence-electron chi connectivity index (χ1n) is 7.27. The van der Waals surface area contributed by atoms with E-state index in [1.165, 1.54) is 5.56 Å². The first kappa shape index (κ1) is 14.2. The van der Waals surface area contributed by atoms with Crippen LogP contribution in [0, 0.1) is 13.8 Å². The Hall–Kier alpha value is -1.79. The van der Waals surface area contributed by atoms with Gasteiger partial charge in [0.05, 0.1) is 0 Å². The van der Waals surface area contributed by atoms with Crippen molar-refractivity contribution in [3.8, 4) is 0 Å². The minimum absolute atomic E-state index is 0.164. The third-order valence-corrected chi connectivity index (χ3v) is 4.07. The summed E-state index contributed by atoms with van der Waals surface area (Å²) in [5.74, 6) is 1.40. The fraction of sp³-hybridized carbons (Fsp3) is 0.533. The molecule has 112 valence electrons. The van der Waals surface area contributed by atoms with E-state index in [1.54, 1.807) is 0 Å². The number of hydrogen-bond donors (Lipinski definition) is 0. The molecule has 3 rings (SSSR count). The molecule has 1 fully saturated rings. The zero-order valence-electron chi connectivity index (χ0n) is 12.8. The second-order valence-corrected chi connectivity index (χ2v) is 5.66. The fourth-order valence-corrected chi connectivity index (χ4v) is 2.71. The quantitative estimate of drug-likeness (QED) is 0.854. The maximum absolute atomic E-state index is 5.35. The minimum atomic E-state index is 0.164. The molecule has 0 unspecified atom stereocenters. The summed E-state index contributed by atoms with van der Waals surface area (Å²) in [6.07, 6.45) is 1.84. The van der Waals surface area contributed by atoms with Crippen LogP contribution in [0.4, 0.5) is 0 Å². The van der Waals surface area contributed by atoms with Gasteiger partial charge in [0.1, 0.15) is 6.04 Å². The van der Waals surface area contributed by atoms with Crippen LogP contribution in [0.3, 0.4) is 0 Å². The third kappa shape index (κ3) is 3.11. The number of pyridine rings is 1. The van der Waals surface area contributed by atoms with Crippen molar-refractivity contribution in [2.24, 2.45) is 0 Å². The molecule has 0 aliphatic carbocycles. The maximum Gasteiger partial charge on any atom is 0.245 e. The van der Waals surface area contributed by atoms with E-state index in [1.807, 2.05) is 19.2 Å². The molecule has 0 bridgehead atoms. The predicted molar refractivity (Wildman–Crippen MR) is 78.7 cm³/mol. The first-order valence-corrected chi connectivity index (χ1v) is 7.27. The lowest BCUT2D eigenvalue weighted by atomic mass is 10.1. The summed E-state index contributed by atoms with van der Waals surface area (Å²) in [6, 6.07) is 4.31. The lowest BCUT2D eigenvalue weighted by Gasteiger charge is -2.37. The Morgan fingerprint density at radius 2 is 2.19 bits per heavy atom.